The summed E-state index contributed by atoms with van der Waals surface area (Å²) in [6.07, 6.45) is 2.24. The molecule has 2 N–H and O–H groups in total. The Morgan fingerprint density at radius 1 is 1.16 bits per heavy atom. The van der Waals surface area contributed by atoms with Crippen molar-refractivity contribution >= 4 is 11.9 Å². The average Bonchev–Trinajstić information content (AvgIpc) is 3.58. The second-order valence-corrected chi connectivity index (χ2v) is 7.07. The summed E-state index contributed by atoms with van der Waals surface area (Å²) in [6.45, 7) is 1.07. The van der Waals surface area contributed by atoms with Crippen LogP contribution in [0, 0.1) is 17.8 Å². The first-order chi connectivity index (χ1) is 14.9. The second-order valence-electron chi connectivity index (χ2n) is 7.07. The van der Waals surface area contributed by atoms with Crippen molar-refractivity contribution in [3.05, 3.63) is 65.2 Å². The first kappa shape index (κ1) is 22.3. The Labute approximate surface area is 180 Å². The Morgan fingerprint density at radius 3 is 2.39 bits per heavy atom. The molecule has 0 saturated heterocycles. The molecule has 1 aliphatic carbocycles. The highest BCUT2D eigenvalue weighted by molar-refractivity contribution is 6.08. The van der Waals surface area contributed by atoms with Crippen molar-refractivity contribution in [2.45, 2.75) is 38.8 Å². The lowest BCUT2D eigenvalue weighted by atomic mass is 9.82. The summed E-state index contributed by atoms with van der Waals surface area (Å²) in [6, 6.07) is 13.2. The zero-order chi connectivity index (χ0) is 22.6. The molecule has 2 aliphatic rings. The van der Waals surface area contributed by atoms with Crippen molar-refractivity contribution in [1.29, 1.82) is 0 Å². The fourth-order valence-corrected chi connectivity index (χ4v) is 3.30. The van der Waals surface area contributed by atoms with Gasteiger partial charge in [0.1, 0.15) is 5.75 Å². The van der Waals surface area contributed by atoms with E-state index in [1.165, 1.54) is 17.0 Å². The van der Waals surface area contributed by atoms with Gasteiger partial charge in [0.15, 0.2) is 11.5 Å². The van der Waals surface area contributed by atoms with Crippen molar-refractivity contribution in [2.24, 2.45) is 16.6 Å². The van der Waals surface area contributed by atoms with Gasteiger partial charge in [-0.3, -0.25) is 9.69 Å². The van der Waals surface area contributed by atoms with Crippen LogP contribution in [0.25, 0.3) is 0 Å². The van der Waals surface area contributed by atoms with E-state index in [4.69, 9.17) is 5.73 Å². The standard InChI is InChI=1S/C22H19F2N3O2.C2H6/c1-27-19(28)22(26-21(27)25,16-9-11-18(12-10-16)29-20(23)24)17-4-2-3-15(13-17)8-7-14-5-6-14;1-2/h2-4,9-14,20H,5-6H2,1H3,(H2,25,26);1-2H3. The summed E-state index contributed by atoms with van der Waals surface area (Å²) in [4.78, 5) is 19.0. The number of ether oxygens (including phenoxy) is 1. The van der Waals surface area contributed by atoms with Crippen molar-refractivity contribution in [2.75, 3.05) is 7.05 Å². The number of nitrogens with two attached hydrogens (primary N) is 1. The van der Waals surface area contributed by atoms with E-state index in [0.717, 1.165) is 18.4 Å². The number of likely N-dealkylation sites (N-methyl/N-ethyl adjacent to an activating group) is 1. The summed E-state index contributed by atoms with van der Waals surface area (Å²) < 4.78 is 29.4. The van der Waals surface area contributed by atoms with E-state index in [1.807, 2.05) is 32.0 Å². The maximum atomic E-state index is 13.2. The minimum absolute atomic E-state index is 0.00120. The van der Waals surface area contributed by atoms with E-state index < -0.39 is 12.2 Å². The number of halogens is 2. The highest BCUT2D eigenvalue weighted by Gasteiger charge is 2.49. The topological polar surface area (TPSA) is 67.9 Å². The number of guanidine groups is 1. The molecule has 7 heteroatoms. The van der Waals surface area contributed by atoms with Crippen molar-refractivity contribution in [3.63, 3.8) is 0 Å². The maximum absolute atomic E-state index is 13.2. The first-order valence-electron chi connectivity index (χ1n) is 10.2. The molecule has 1 saturated carbocycles. The minimum Gasteiger partial charge on any atom is -0.435 e. The summed E-state index contributed by atoms with van der Waals surface area (Å²) in [5.41, 5.74) is 6.45. The molecular formula is C24H25F2N3O2. The molecule has 1 aliphatic heterocycles. The van der Waals surface area contributed by atoms with E-state index in [1.54, 1.807) is 25.2 Å². The molecule has 1 unspecified atom stereocenters. The number of benzene rings is 2. The van der Waals surface area contributed by atoms with Crippen LogP contribution < -0.4 is 10.5 Å². The zero-order valence-electron chi connectivity index (χ0n) is 17.7. The lowest BCUT2D eigenvalue weighted by molar-refractivity contribution is -0.129. The Hall–Kier alpha value is -3.40. The van der Waals surface area contributed by atoms with Crippen molar-refractivity contribution in [3.8, 4) is 17.6 Å². The molecule has 2 aromatic carbocycles. The number of rotatable bonds is 4. The van der Waals surface area contributed by atoms with E-state index in [9.17, 15) is 13.6 Å². The molecule has 0 radical (unpaired) electrons. The van der Waals surface area contributed by atoms with Crippen LogP contribution in [-0.4, -0.2) is 30.4 Å². The zero-order valence-corrected chi connectivity index (χ0v) is 17.7. The third-order valence-corrected chi connectivity index (χ3v) is 5.02. The minimum atomic E-state index is -2.93. The number of nitrogens with zero attached hydrogens (tertiary/aromatic N) is 2. The van der Waals surface area contributed by atoms with Gasteiger partial charge in [0.05, 0.1) is 0 Å². The molecule has 162 valence electrons. The third-order valence-electron chi connectivity index (χ3n) is 5.02. The smallest absolute Gasteiger partial charge is 0.387 e. The summed E-state index contributed by atoms with van der Waals surface area (Å²) >= 11 is 0. The predicted octanol–water partition coefficient (Wildman–Crippen LogP) is 4.11. The monoisotopic (exact) mass is 425 g/mol. The Kier molecular flexibility index (Phi) is 6.59. The van der Waals surface area contributed by atoms with Gasteiger partial charge in [-0.2, -0.15) is 8.78 Å². The molecular weight excluding hydrogens is 400 g/mol. The highest BCUT2D eigenvalue weighted by Crippen LogP contribution is 2.40. The molecule has 1 fully saturated rings. The van der Waals surface area contributed by atoms with E-state index >= 15 is 0 Å². The quantitative estimate of drug-likeness (QED) is 0.750. The SMILES string of the molecule is CC.CN1C(=O)C(c2ccc(OC(F)F)cc2)(c2cccc(C#CC3CC3)c2)N=C1N. The Balaban J connectivity index is 0.00000132. The molecule has 1 atom stereocenters. The van der Waals surface area contributed by atoms with Gasteiger partial charge in [0.2, 0.25) is 0 Å². The van der Waals surface area contributed by atoms with E-state index in [2.05, 4.69) is 21.6 Å². The largest absolute Gasteiger partial charge is 0.435 e. The van der Waals surface area contributed by atoms with Crippen molar-refractivity contribution < 1.29 is 18.3 Å². The number of carbonyl (C=O) groups is 1. The van der Waals surface area contributed by atoms with Gasteiger partial charge in [0.25, 0.3) is 5.91 Å². The number of aliphatic imine (C=N–C) groups is 1. The predicted molar refractivity (Wildman–Crippen MR) is 116 cm³/mol. The van der Waals surface area contributed by atoms with Crippen LogP contribution >= 0.6 is 0 Å². The molecule has 5 nitrogen and oxygen atoms in total. The lowest BCUT2D eigenvalue weighted by Gasteiger charge is -2.26. The Bertz CT molecular complexity index is 1040. The van der Waals surface area contributed by atoms with Crippen LogP contribution in [0.15, 0.2) is 53.5 Å². The molecule has 0 aromatic heterocycles. The fourth-order valence-electron chi connectivity index (χ4n) is 3.30. The number of hydrogen-bond acceptors (Lipinski definition) is 4. The lowest BCUT2D eigenvalue weighted by Crippen LogP contribution is -2.41. The molecule has 0 bridgehead atoms. The van der Waals surface area contributed by atoms with Crippen LogP contribution in [0.1, 0.15) is 43.4 Å². The molecule has 4 rings (SSSR count). The van der Waals surface area contributed by atoms with Gasteiger partial charge in [-0.1, -0.05) is 50.0 Å². The van der Waals surface area contributed by atoms with Crippen molar-refractivity contribution in [1.82, 2.24) is 4.90 Å². The van der Waals surface area contributed by atoms with Gasteiger partial charge in [0, 0.05) is 18.5 Å². The van der Waals surface area contributed by atoms with Crippen LogP contribution in [0.4, 0.5) is 8.78 Å². The van der Waals surface area contributed by atoms with Crippen LogP contribution in [-0.2, 0) is 10.3 Å². The summed E-state index contributed by atoms with van der Waals surface area (Å²) in [5, 5.41) is 0. The normalized spacial score (nSPS) is 19.9. The van der Waals surface area contributed by atoms with Crippen LogP contribution in [0.5, 0.6) is 5.75 Å². The van der Waals surface area contributed by atoms with E-state index in [0.29, 0.717) is 17.0 Å². The number of hydrogen-bond donors (Lipinski definition) is 1. The molecule has 1 amide bonds. The fraction of sp³-hybridized carbons (Fsp3) is 0.333. The van der Waals surface area contributed by atoms with Gasteiger partial charge >= 0.3 is 6.61 Å². The summed E-state index contributed by atoms with van der Waals surface area (Å²) in [5.74, 6) is 6.55. The molecule has 1 heterocycles. The highest BCUT2D eigenvalue weighted by atomic mass is 19.3. The van der Waals surface area contributed by atoms with Gasteiger partial charge in [-0.25, -0.2) is 4.99 Å². The Morgan fingerprint density at radius 2 is 1.84 bits per heavy atom. The number of amides is 1. The molecule has 31 heavy (non-hydrogen) atoms. The average molecular weight is 425 g/mol. The second kappa shape index (κ2) is 9.17. The number of carbonyl (C=O) groups excluding carboxylic acids is 1. The molecule has 2 aromatic rings. The van der Waals surface area contributed by atoms with Crippen LogP contribution in [0.2, 0.25) is 0 Å². The maximum Gasteiger partial charge on any atom is 0.387 e. The van der Waals surface area contributed by atoms with E-state index in [-0.39, 0.29) is 17.6 Å². The van der Waals surface area contributed by atoms with Gasteiger partial charge < -0.3 is 10.5 Å². The molecule has 0 spiro atoms. The van der Waals surface area contributed by atoms with Crippen LogP contribution in [0.3, 0.4) is 0 Å². The third kappa shape index (κ3) is 4.53. The summed E-state index contributed by atoms with van der Waals surface area (Å²) in [7, 11) is 1.55. The first-order valence-corrected chi connectivity index (χ1v) is 10.2. The number of alkyl halides is 2. The van der Waals surface area contributed by atoms with Gasteiger partial charge in [-0.15, -0.1) is 0 Å². The van der Waals surface area contributed by atoms with Gasteiger partial charge in [-0.05, 0) is 48.2 Å².